The predicted molar refractivity (Wildman–Crippen MR) is 165 cm³/mol. The standard InChI is InChI=1S/C33H43N3O4S/c1-7-9-19-34-33(38)30(8-2)35(22-28-12-10-11-25(4)21-28)32(37)23-36(31-18-15-26(5)20-27(31)6)41(39,40)29-16-13-24(3)14-17-29/h10-18,20-21,30H,7-9,19,22-23H2,1-6H3,(H,34,38)/t30-/m0/s1. The summed E-state index contributed by atoms with van der Waals surface area (Å²) in [5.41, 5.74) is 5.00. The molecule has 0 radical (unpaired) electrons. The van der Waals surface area contributed by atoms with Crippen molar-refractivity contribution in [2.24, 2.45) is 0 Å². The number of nitrogens with zero attached hydrogens (tertiary/aromatic N) is 2. The van der Waals surface area contributed by atoms with Gasteiger partial charge in [-0.2, -0.15) is 0 Å². The number of amides is 2. The smallest absolute Gasteiger partial charge is 0.264 e. The first-order chi connectivity index (χ1) is 19.5. The van der Waals surface area contributed by atoms with Crippen molar-refractivity contribution >= 4 is 27.5 Å². The van der Waals surface area contributed by atoms with Crippen LogP contribution < -0.4 is 9.62 Å². The number of aryl methyl sites for hydroxylation is 4. The van der Waals surface area contributed by atoms with Crippen LogP contribution >= 0.6 is 0 Å². The molecule has 2 amide bonds. The highest BCUT2D eigenvalue weighted by atomic mass is 32.2. The summed E-state index contributed by atoms with van der Waals surface area (Å²) in [6.07, 6.45) is 2.16. The minimum atomic E-state index is -4.10. The topological polar surface area (TPSA) is 86.8 Å². The number of carbonyl (C=O) groups excluding carboxylic acids is 2. The molecule has 0 aliphatic heterocycles. The molecule has 3 aromatic carbocycles. The van der Waals surface area contributed by atoms with E-state index in [0.717, 1.165) is 40.7 Å². The van der Waals surface area contributed by atoms with Gasteiger partial charge in [0.15, 0.2) is 0 Å². The van der Waals surface area contributed by atoms with E-state index in [4.69, 9.17) is 0 Å². The first kappa shape index (κ1) is 31.9. The van der Waals surface area contributed by atoms with Crippen LogP contribution in [0, 0.1) is 27.7 Å². The Morgan fingerprint density at radius 2 is 1.51 bits per heavy atom. The lowest BCUT2D eigenvalue weighted by Gasteiger charge is -2.33. The zero-order valence-corrected chi connectivity index (χ0v) is 25.9. The molecular weight excluding hydrogens is 534 g/mol. The summed E-state index contributed by atoms with van der Waals surface area (Å²) in [7, 11) is -4.10. The van der Waals surface area contributed by atoms with Gasteiger partial charge < -0.3 is 10.2 Å². The highest BCUT2D eigenvalue weighted by Crippen LogP contribution is 2.28. The van der Waals surface area contributed by atoms with E-state index in [0.29, 0.717) is 18.7 Å². The quantitative estimate of drug-likeness (QED) is 0.259. The summed E-state index contributed by atoms with van der Waals surface area (Å²) in [5, 5.41) is 2.96. The second-order valence-electron chi connectivity index (χ2n) is 10.7. The van der Waals surface area contributed by atoms with Gasteiger partial charge in [0.05, 0.1) is 10.6 Å². The highest BCUT2D eigenvalue weighted by molar-refractivity contribution is 7.92. The van der Waals surface area contributed by atoms with Crippen LogP contribution in [0.3, 0.4) is 0 Å². The third-order valence-electron chi connectivity index (χ3n) is 7.16. The van der Waals surface area contributed by atoms with Crippen molar-refractivity contribution < 1.29 is 18.0 Å². The highest BCUT2D eigenvalue weighted by Gasteiger charge is 2.34. The second-order valence-corrected chi connectivity index (χ2v) is 12.6. The number of nitrogens with one attached hydrogen (secondary N) is 1. The monoisotopic (exact) mass is 577 g/mol. The molecule has 0 fully saturated rings. The number of sulfonamides is 1. The first-order valence-corrected chi connectivity index (χ1v) is 15.7. The fourth-order valence-electron chi connectivity index (χ4n) is 4.87. The van der Waals surface area contributed by atoms with Crippen LogP contribution in [0.5, 0.6) is 0 Å². The average molecular weight is 578 g/mol. The Hall–Kier alpha value is -3.65. The van der Waals surface area contributed by atoms with E-state index in [1.54, 1.807) is 30.3 Å². The maximum absolute atomic E-state index is 14.2. The van der Waals surface area contributed by atoms with Crippen molar-refractivity contribution in [3.8, 4) is 0 Å². The zero-order valence-electron chi connectivity index (χ0n) is 25.1. The molecule has 1 N–H and O–H groups in total. The Kier molecular flexibility index (Phi) is 11.1. The van der Waals surface area contributed by atoms with Gasteiger partial charge in [0, 0.05) is 13.1 Å². The third kappa shape index (κ3) is 8.19. The molecule has 220 valence electrons. The molecule has 0 aliphatic carbocycles. The van der Waals surface area contributed by atoms with Crippen LogP contribution in [-0.2, 0) is 26.2 Å². The van der Waals surface area contributed by atoms with E-state index < -0.39 is 28.5 Å². The lowest BCUT2D eigenvalue weighted by atomic mass is 10.1. The number of carbonyl (C=O) groups is 2. The van der Waals surface area contributed by atoms with Crippen molar-refractivity contribution in [2.75, 3.05) is 17.4 Å². The minimum absolute atomic E-state index is 0.102. The van der Waals surface area contributed by atoms with E-state index in [9.17, 15) is 18.0 Å². The first-order valence-electron chi connectivity index (χ1n) is 14.3. The van der Waals surface area contributed by atoms with Crippen molar-refractivity contribution in [3.05, 3.63) is 94.5 Å². The van der Waals surface area contributed by atoms with Crippen LogP contribution in [0.2, 0.25) is 0 Å². The molecule has 0 heterocycles. The van der Waals surface area contributed by atoms with Crippen molar-refractivity contribution in [1.29, 1.82) is 0 Å². The number of anilines is 1. The molecule has 0 bridgehead atoms. The van der Waals surface area contributed by atoms with Crippen molar-refractivity contribution in [2.45, 2.75) is 78.3 Å². The van der Waals surface area contributed by atoms with Gasteiger partial charge in [0.1, 0.15) is 12.6 Å². The normalized spacial score (nSPS) is 12.0. The van der Waals surface area contributed by atoms with Crippen LogP contribution in [0.1, 0.15) is 60.9 Å². The molecule has 7 nitrogen and oxygen atoms in total. The molecule has 8 heteroatoms. The second kappa shape index (κ2) is 14.3. The Morgan fingerprint density at radius 1 is 0.854 bits per heavy atom. The molecule has 1 atom stereocenters. The Bertz CT molecular complexity index is 1450. The Balaban J connectivity index is 2.07. The van der Waals surface area contributed by atoms with E-state index in [2.05, 4.69) is 5.32 Å². The van der Waals surface area contributed by atoms with Gasteiger partial charge in [0.2, 0.25) is 11.8 Å². The van der Waals surface area contributed by atoms with Gasteiger partial charge in [0.25, 0.3) is 10.0 Å². The van der Waals surface area contributed by atoms with Crippen molar-refractivity contribution in [1.82, 2.24) is 10.2 Å². The number of benzene rings is 3. The van der Waals surface area contributed by atoms with Gasteiger partial charge in [-0.05, 0) is 69.9 Å². The molecule has 3 rings (SSSR count). The van der Waals surface area contributed by atoms with Gasteiger partial charge in [-0.1, -0.05) is 85.5 Å². The van der Waals surface area contributed by atoms with Crippen molar-refractivity contribution in [3.63, 3.8) is 0 Å². The van der Waals surface area contributed by atoms with Gasteiger partial charge in [-0.3, -0.25) is 13.9 Å². The molecule has 0 aliphatic rings. The number of unbranched alkanes of at least 4 members (excludes halogenated alkanes) is 1. The van der Waals surface area contributed by atoms with Crippen LogP contribution in [-0.4, -0.2) is 44.3 Å². The Labute approximate surface area is 245 Å². The summed E-state index contributed by atoms with van der Waals surface area (Å²) >= 11 is 0. The summed E-state index contributed by atoms with van der Waals surface area (Å²) in [5.74, 6) is -0.680. The fraction of sp³-hybridized carbons (Fsp3) is 0.394. The maximum atomic E-state index is 14.2. The summed E-state index contributed by atoms with van der Waals surface area (Å²) in [6.45, 7) is 11.8. The number of hydrogen-bond donors (Lipinski definition) is 1. The largest absolute Gasteiger partial charge is 0.354 e. The minimum Gasteiger partial charge on any atom is -0.354 e. The number of hydrogen-bond acceptors (Lipinski definition) is 4. The van der Waals surface area contributed by atoms with E-state index in [-0.39, 0.29) is 17.3 Å². The van der Waals surface area contributed by atoms with Gasteiger partial charge >= 0.3 is 0 Å². The molecule has 0 aromatic heterocycles. The summed E-state index contributed by atoms with van der Waals surface area (Å²) < 4.78 is 29.3. The molecule has 41 heavy (non-hydrogen) atoms. The van der Waals surface area contributed by atoms with E-state index >= 15 is 0 Å². The average Bonchev–Trinajstić information content (AvgIpc) is 2.92. The zero-order chi connectivity index (χ0) is 30.2. The molecule has 0 saturated carbocycles. The summed E-state index contributed by atoms with van der Waals surface area (Å²) in [4.78, 5) is 29.1. The lowest BCUT2D eigenvalue weighted by Crippen LogP contribution is -2.52. The Morgan fingerprint density at radius 3 is 2.12 bits per heavy atom. The van der Waals surface area contributed by atoms with Crippen LogP contribution in [0.15, 0.2) is 71.6 Å². The molecule has 0 saturated heterocycles. The predicted octanol–water partition coefficient (Wildman–Crippen LogP) is 5.84. The fourth-order valence-corrected chi connectivity index (χ4v) is 6.35. The van der Waals surface area contributed by atoms with Gasteiger partial charge in [-0.25, -0.2) is 8.42 Å². The molecular formula is C33H43N3O4S. The molecule has 0 unspecified atom stereocenters. The summed E-state index contributed by atoms with van der Waals surface area (Å²) in [6, 6.07) is 19.1. The lowest BCUT2D eigenvalue weighted by molar-refractivity contribution is -0.140. The molecule has 3 aromatic rings. The van der Waals surface area contributed by atoms with Crippen LogP contribution in [0.4, 0.5) is 5.69 Å². The van der Waals surface area contributed by atoms with Crippen LogP contribution in [0.25, 0.3) is 0 Å². The molecule has 0 spiro atoms. The third-order valence-corrected chi connectivity index (χ3v) is 8.93. The van der Waals surface area contributed by atoms with E-state index in [1.165, 1.54) is 9.21 Å². The van der Waals surface area contributed by atoms with Gasteiger partial charge in [-0.15, -0.1) is 0 Å². The maximum Gasteiger partial charge on any atom is 0.264 e. The van der Waals surface area contributed by atoms with E-state index in [1.807, 2.05) is 77.9 Å². The SMILES string of the molecule is CCCCNC(=O)[C@H](CC)N(Cc1cccc(C)c1)C(=O)CN(c1ccc(C)cc1C)S(=O)(=O)c1ccc(C)cc1. The number of rotatable bonds is 13.